The second-order valence-corrected chi connectivity index (χ2v) is 6.72. The SMILES string of the molecule is CCn1c(SCCCOc2ccc([N+](=O)[O-])cc2)nnc1C1CC1. The van der Waals surface area contributed by atoms with Gasteiger partial charge < -0.3 is 9.30 Å². The van der Waals surface area contributed by atoms with Gasteiger partial charge in [-0.1, -0.05) is 11.8 Å². The van der Waals surface area contributed by atoms with Crippen LogP contribution in [0.15, 0.2) is 29.4 Å². The van der Waals surface area contributed by atoms with Gasteiger partial charge in [0.2, 0.25) is 0 Å². The maximum absolute atomic E-state index is 10.6. The number of benzene rings is 1. The van der Waals surface area contributed by atoms with Crippen molar-refractivity contribution in [3.05, 3.63) is 40.2 Å². The van der Waals surface area contributed by atoms with E-state index in [2.05, 4.69) is 21.7 Å². The standard InChI is InChI=1S/C16H20N4O3S/c1-2-19-15(12-4-5-12)17-18-16(19)24-11-3-10-23-14-8-6-13(7-9-14)20(21)22/h6-9,12H,2-5,10-11H2,1H3. The molecular formula is C16H20N4O3S. The van der Waals surface area contributed by atoms with Gasteiger partial charge in [0.1, 0.15) is 11.6 Å². The van der Waals surface area contributed by atoms with Gasteiger partial charge in [-0.3, -0.25) is 10.1 Å². The molecule has 0 radical (unpaired) electrons. The molecule has 2 aromatic rings. The smallest absolute Gasteiger partial charge is 0.269 e. The summed E-state index contributed by atoms with van der Waals surface area (Å²) < 4.78 is 7.82. The zero-order valence-corrected chi connectivity index (χ0v) is 14.4. The Balaban J connectivity index is 1.42. The third kappa shape index (κ3) is 4.05. The van der Waals surface area contributed by atoms with E-state index in [1.165, 1.54) is 25.0 Å². The number of ether oxygens (including phenoxy) is 1. The fourth-order valence-electron chi connectivity index (χ4n) is 2.42. The Labute approximate surface area is 144 Å². The van der Waals surface area contributed by atoms with Crippen LogP contribution in [-0.4, -0.2) is 32.0 Å². The fourth-order valence-corrected chi connectivity index (χ4v) is 3.35. The van der Waals surface area contributed by atoms with Gasteiger partial charge in [-0.15, -0.1) is 10.2 Å². The van der Waals surface area contributed by atoms with E-state index in [4.69, 9.17) is 4.74 Å². The summed E-state index contributed by atoms with van der Waals surface area (Å²) in [4.78, 5) is 10.2. The van der Waals surface area contributed by atoms with Crippen LogP contribution >= 0.6 is 11.8 Å². The summed E-state index contributed by atoms with van der Waals surface area (Å²) >= 11 is 1.70. The van der Waals surface area contributed by atoms with Crippen LogP contribution in [0.5, 0.6) is 5.75 Å². The Bertz CT molecular complexity index is 698. The van der Waals surface area contributed by atoms with Crippen molar-refractivity contribution >= 4 is 17.4 Å². The van der Waals surface area contributed by atoms with Gasteiger partial charge >= 0.3 is 0 Å². The quantitative estimate of drug-likeness (QED) is 0.298. The Morgan fingerprint density at radius 1 is 1.33 bits per heavy atom. The van der Waals surface area contributed by atoms with Gasteiger partial charge in [0.05, 0.1) is 11.5 Å². The van der Waals surface area contributed by atoms with Crippen LogP contribution < -0.4 is 4.74 Å². The van der Waals surface area contributed by atoms with Crippen LogP contribution in [0.1, 0.15) is 37.9 Å². The van der Waals surface area contributed by atoms with E-state index < -0.39 is 4.92 Å². The zero-order valence-electron chi connectivity index (χ0n) is 13.6. The van der Waals surface area contributed by atoms with Gasteiger partial charge in [-0.25, -0.2) is 0 Å². The maximum atomic E-state index is 10.6. The lowest BCUT2D eigenvalue weighted by molar-refractivity contribution is -0.384. The minimum Gasteiger partial charge on any atom is -0.494 e. The van der Waals surface area contributed by atoms with Crippen molar-refractivity contribution in [3.8, 4) is 5.75 Å². The molecule has 0 saturated heterocycles. The number of nitro benzene ring substituents is 1. The molecule has 0 atom stereocenters. The summed E-state index contributed by atoms with van der Waals surface area (Å²) in [5.41, 5.74) is 0.0725. The Morgan fingerprint density at radius 3 is 2.71 bits per heavy atom. The predicted molar refractivity (Wildman–Crippen MR) is 91.6 cm³/mol. The minimum absolute atomic E-state index is 0.0725. The van der Waals surface area contributed by atoms with Crippen LogP contribution in [-0.2, 0) is 6.54 Å². The summed E-state index contributed by atoms with van der Waals surface area (Å²) in [6.45, 7) is 3.60. The molecule has 1 saturated carbocycles. The molecule has 8 heteroatoms. The molecule has 1 aromatic carbocycles. The molecule has 24 heavy (non-hydrogen) atoms. The highest BCUT2D eigenvalue weighted by atomic mass is 32.2. The highest BCUT2D eigenvalue weighted by molar-refractivity contribution is 7.99. The number of hydrogen-bond donors (Lipinski definition) is 0. The first kappa shape index (κ1) is 16.8. The van der Waals surface area contributed by atoms with E-state index in [-0.39, 0.29) is 5.69 Å². The molecule has 1 fully saturated rings. The normalized spacial score (nSPS) is 13.9. The molecule has 3 rings (SSSR count). The molecule has 0 spiro atoms. The topological polar surface area (TPSA) is 83.1 Å². The highest BCUT2D eigenvalue weighted by Gasteiger charge is 2.29. The molecule has 0 amide bonds. The molecule has 1 aromatic heterocycles. The van der Waals surface area contributed by atoms with E-state index in [0.29, 0.717) is 18.3 Å². The summed E-state index contributed by atoms with van der Waals surface area (Å²) in [5.74, 6) is 3.29. The van der Waals surface area contributed by atoms with Crippen molar-refractivity contribution in [1.82, 2.24) is 14.8 Å². The Morgan fingerprint density at radius 2 is 2.08 bits per heavy atom. The molecule has 1 heterocycles. The van der Waals surface area contributed by atoms with E-state index in [9.17, 15) is 10.1 Å². The van der Waals surface area contributed by atoms with Crippen LogP contribution in [0, 0.1) is 10.1 Å². The molecule has 0 N–H and O–H groups in total. The van der Waals surface area contributed by atoms with Gasteiger partial charge in [0, 0.05) is 30.3 Å². The van der Waals surface area contributed by atoms with Gasteiger partial charge in [0.15, 0.2) is 5.16 Å². The first-order valence-electron chi connectivity index (χ1n) is 8.12. The number of hydrogen-bond acceptors (Lipinski definition) is 6. The lowest BCUT2D eigenvalue weighted by atomic mass is 10.3. The van der Waals surface area contributed by atoms with Crippen molar-refractivity contribution in [3.63, 3.8) is 0 Å². The van der Waals surface area contributed by atoms with Crippen molar-refractivity contribution in [2.24, 2.45) is 0 Å². The van der Waals surface area contributed by atoms with Gasteiger partial charge in [0.25, 0.3) is 5.69 Å². The average Bonchev–Trinajstić information content (AvgIpc) is 3.35. The van der Waals surface area contributed by atoms with Crippen LogP contribution in [0.3, 0.4) is 0 Å². The molecule has 0 unspecified atom stereocenters. The van der Waals surface area contributed by atoms with Gasteiger partial charge in [-0.05, 0) is 38.3 Å². The number of nitro groups is 1. The molecular weight excluding hydrogens is 328 g/mol. The minimum atomic E-state index is -0.416. The molecule has 0 bridgehead atoms. The maximum Gasteiger partial charge on any atom is 0.269 e. The number of thioether (sulfide) groups is 1. The third-order valence-corrected chi connectivity index (χ3v) is 4.89. The molecule has 1 aliphatic carbocycles. The second-order valence-electron chi connectivity index (χ2n) is 5.66. The van der Waals surface area contributed by atoms with E-state index in [1.807, 2.05) is 0 Å². The first-order chi connectivity index (χ1) is 11.7. The van der Waals surface area contributed by atoms with Crippen LogP contribution in [0.2, 0.25) is 0 Å². The lowest BCUT2D eigenvalue weighted by Crippen LogP contribution is -2.03. The molecule has 128 valence electrons. The monoisotopic (exact) mass is 348 g/mol. The zero-order chi connectivity index (χ0) is 16.9. The van der Waals surface area contributed by atoms with E-state index in [0.717, 1.165) is 29.7 Å². The lowest BCUT2D eigenvalue weighted by Gasteiger charge is -2.07. The Hall–Kier alpha value is -2.09. The Kier molecular flexibility index (Phi) is 5.34. The van der Waals surface area contributed by atoms with E-state index in [1.54, 1.807) is 23.9 Å². The molecule has 0 aliphatic heterocycles. The van der Waals surface area contributed by atoms with Crippen LogP contribution in [0.25, 0.3) is 0 Å². The van der Waals surface area contributed by atoms with E-state index >= 15 is 0 Å². The second kappa shape index (κ2) is 7.65. The van der Waals surface area contributed by atoms with Crippen molar-refractivity contribution < 1.29 is 9.66 Å². The van der Waals surface area contributed by atoms with Crippen molar-refractivity contribution in [1.29, 1.82) is 0 Å². The number of rotatable bonds is 9. The summed E-state index contributed by atoms with van der Waals surface area (Å²) in [6, 6.07) is 6.15. The summed E-state index contributed by atoms with van der Waals surface area (Å²) in [6.07, 6.45) is 3.33. The third-order valence-electron chi connectivity index (χ3n) is 3.84. The molecule has 7 nitrogen and oxygen atoms in total. The van der Waals surface area contributed by atoms with Crippen molar-refractivity contribution in [2.45, 2.75) is 43.8 Å². The largest absolute Gasteiger partial charge is 0.494 e. The highest BCUT2D eigenvalue weighted by Crippen LogP contribution is 2.40. The van der Waals surface area contributed by atoms with Gasteiger partial charge in [-0.2, -0.15) is 0 Å². The number of nitrogens with zero attached hydrogens (tertiary/aromatic N) is 4. The summed E-state index contributed by atoms with van der Waals surface area (Å²) in [7, 11) is 0. The van der Waals surface area contributed by atoms with Crippen LogP contribution in [0.4, 0.5) is 5.69 Å². The number of non-ortho nitro benzene ring substituents is 1. The average molecular weight is 348 g/mol. The van der Waals surface area contributed by atoms with Crippen molar-refractivity contribution in [2.75, 3.05) is 12.4 Å². The fraction of sp³-hybridized carbons (Fsp3) is 0.500. The first-order valence-corrected chi connectivity index (χ1v) is 9.10. The number of aromatic nitrogens is 3. The predicted octanol–water partition coefficient (Wildman–Crippen LogP) is 3.64. The molecule has 1 aliphatic rings. The summed E-state index contributed by atoms with van der Waals surface area (Å²) in [5, 5.41) is 20.2.